The lowest BCUT2D eigenvalue weighted by molar-refractivity contribution is -0.194. The van der Waals surface area contributed by atoms with E-state index in [4.69, 9.17) is 0 Å². The average Bonchev–Trinajstić information content (AvgIpc) is 3.15. The summed E-state index contributed by atoms with van der Waals surface area (Å²) in [5.74, 6) is -2.89. The molecular weight excluding hydrogens is 482 g/mol. The maximum atomic E-state index is 14.3. The minimum Gasteiger partial charge on any atom is -0.481 e. The smallest absolute Gasteiger partial charge is 0.335 e. The van der Waals surface area contributed by atoms with Gasteiger partial charge >= 0.3 is 11.9 Å². The number of carboxylic acids is 2. The van der Waals surface area contributed by atoms with Gasteiger partial charge in [0.2, 0.25) is 11.8 Å². The fraction of sp³-hybridized carbons (Fsp3) is 0.613. The number of rotatable bonds is 4. The molecule has 38 heavy (non-hydrogen) atoms. The molecule has 1 spiro atoms. The highest BCUT2D eigenvalue weighted by molar-refractivity contribution is 6.23. The number of amides is 2. The third-order valence-electron chi connectivity index (χ3n) is 11.5. The monoisotopic (exact) mass is 519 g/mol. The zero-order valence-corrected chi connectivity index (χ0v) is 22.6. The van der Waals surface area contributed by atoms with E-state index in [-0.39, 0.29) is 46.5 Å². The predicted octanol–water partition coefficient (Wildman–Crippen LogP) is 5.40. The second-order valence-electron chi connectivity index (χ2n) is 13.4. The van der Waals surface area contributed by atoms with Crippen molar-refractivity contribution in [3.63, 3.8) is 0 Å². The maximum absolute atomic E-state index is 14.3. The standard InChI is InChI=1S/C31H37NO6/c1-16(2)20-15-31-12-9-21-29(3,10-6-11-30(21,4)28(37)38)22(31)14-19(20)23-24(31)26(34)32(25(23)33)18-8-5-7-17(13-18)27(35)36/h5,7-8,13,15-16,19,21-24H,6,9-12,14H2,1-4H3,(H,35,36)(H,37,38)/t19-,21+,22-,23-,24+,29+,30-,31+/m0/s1. The molecule has 0 unspecified atom stereocenters. The Morgan fingerprint density at radius 1 is 1.03 bits per heavy atom. The first kappa shape index (κ1) is 25.3. The number of carbonyl (C=O) groups is 4. The summed E-state index contributed by atoms with van der Waals surface area (Å²) < 4.78 is 0. The van der Waals surface area contributed by atoms with Crippen molar-refractivity contribution in [3.8, 4) is 0 Å². The third-order valence-corrected chi connectivity index (χ3v) is 11.5. The van der Waals surface area contributed by atoms with Gasteiger partial charge in [0.05, 0.1) is 28.5 Å². The summed E-state index contributed by atoms with van der Waals surface area (Å²) in [5.41, 5.74) is 0.112. The Morgan fingerprint density at radius 3 is 2.42 bits per heavy atom. The number of aliphatic carboxylic acids is 1. The summed E-state index contributed by atoms with van der Waals surface area (Å²) in [6, 6.07) is 6.10. The van der Waals surface area contributed by atoms with E-state index in [1.807, 2.05) is 6.92 Å². The molecule has 5 aliphatic carbocycles. The molecule has 1 aromatic carbocycles. The molecule has 8 atom stereocenters. The van der Waals surface area contributed by atoms with Crippen LogP contribution in [0.1, 0.15) is 76.6 Å². The zero-order valence-electron chi connectivity index (χ0n) is 22.6. The number of carbonyl (C=O) groups excluding carboxylic acids is 2. The van der Waals surface area contributed by atoms with Crippen molar-refractivity contribution in [3.05, 3.63) is 41.5 Å². The van der Waals surface area contributed by atoms with Gasteiger partial charge in [-0.25, -0.2) is 9.69 Å². The summed E-state index contributed by atoms with van der Waals surface area (Å²) in [7, 11) is 0. The second kappa shape index (κ2) is 8.03. The Morgan fingerprint density at radius 2 is 1.76 bits per heavy atom. The van der Waals surface area contributed by atoms with Crippen LogP contribution in [-0.2, 0) is 14.4 Å². The molecule has 2 amide bonds. The van der Waals surface area contributed by atoms with Crippen LogP contribution in [0.25, 0.3) is 0 Å². The van der Waals surface area contributed by atoms with Gasteiger partial charge in [-0.05, 0) is 86.3 Å². The first-order chi connectivity index (χ1) is 17.9. The van der Waals surface area contributed by atoms with E-state index in [1.165, 1.54) is 22.6 Å². The molecule has 7 heteroatoms. The van der Waals surface area contributed by atoms with E-state index >= 15 is 0 Å². The largest absolute Gasteiger partial charge is 0.481 e. The van der Waals surface area contributed by atoms with Crippen LogP contribution in [0.4, 0.5) is 5.69 Å². The molecule has 6 aliphatic rings. The van der Waals surface area contributed by atoms with E-state index in [9.17, 15) is 29.4 Å². The maximum Gasteiger partial charge on any atom is 0.335 e. The van der Waals surface area contributed by atoms with Crippen molar-refractivity contribution in [1.82, 2.24) is 0 Å². The van der Waals surface area contributed by atoms with E-state index < -0.39 is 34.6 Å². The Bertz CT molecular complexity index is 1300. The highest BCUT2D eigenvalue weighted by Crippen LogP contribution is 2.74. The summed E-state index contributed by atoms with van der Waals surface area (Å²) in [6.45, 7) is 8.48. The fourth-order valence-corrected chi connectivity index (χ4v) is 9.99. The Hall–Kier alpha value is -2.96. The van der Waals surface area contributed by atoms with Gasteiger partial charge in [0.15, 0.2) is 0 Å². The SMILES string of the molecule is CC(C)C1=C[C@]23CC[C@@H]4[C@@](C)(CCC[C@]4(C)C(=O)O)[C@@H]2C[C@@H]1[C@@H]1C(=O)N(c2cccc(C(=O)O)c2)C(=O)[C@@H]13. The van der Waals surface area contributed by atoms with Gasteiger partial charge in [-0.15, -0.1) is 0 Å². The average molecular weight is 520 g/mol. The van der Waals surface area contributed by atoms with Gasteiger partial charge in [0.25, 0.3) is 0 Å². The molecular formula is C31H37NO6. The van der Waals surface area contributed by atoms with Crippen molar-refractivity contribution in [1.29, 1.82) is 0 Å². The molecule has 1 aliphatic heterocycles. The Balaban J connectivity index is 1.48. The summed E-state index contributed by atoms with van der Waals surface area (Å²) >= 11 is 0. The number of carboxylic acid groups (broad SMARTS) is 2. The van der Waals surface area contributed by atoms with E-state index in [2.05, 4.69) is 26.8 Å². The van der Waals surface area contributed by atoms with Crippen LogP contribution >= 0.6 is 0 Å². The molecule has 2 N–H and O–H groups in total. The van der Waals surface area contributed by atoms with Crippen LogP contribution in [0, 0.1) is 51.8 Å². The van der Waals surface area contributed by atoms with Crippen LogP contribution in [0.2, 0.25) is 0 Å². The molecule has 202 valence electrons. The quantitative estimate of drug-likeness (QED) is 0.407. The first-order valence-corrected chi connectivity index (χ1v) is 14.0. The van der Waals surface area contributed by atoms with Gasteiger partial charge < -0.3 is 10.2 Å². The van der Waals surface area contributed by atoms with Crippen molar-refractivity contribution < 1.29 is 29.4 Å². The predicted molar refractivity (Wildman–Crippen MR) is 140 cm³/mol. The highest BCUT2D eigenvalue weighted by Gasteiger charge is 2.73. The number of imide groups is 1. The fourth-order valence-electron chi connectivity index (χ4n) is 9.99. The number of nitrogens with zero attached hydrogens (tertiary/aromatic N) is 1. The molecule has 4 fully saturated rings. The number of benzene rings is 1. The topological polar surface area (TPSA) is 112 Å². The normalized spacial score (nSPS) is 41.4. The lowest BCUT2D eigenvalue weighted by atomic mass is 9.34. The highest BCUT2D eigenvalue weighted by atomic mass is 16.4. The summed E-state index contributed by atoms with van der Waals surface area (Å²) in [6.07, 6.45) is 7.05. The third kappa shape index (κ3) is 3.02. The molecule has 7 nitrogen and oxygen atoms in total. The number of allylic oxidation sites excluding steroid dienone is 2. The Kier molecular flexibility index (Phi) is 5.35. The van der Waals surface area contributed by atoms with Gasteiger partial charge in [-0.1, -0.05) is 44.9 Å². The number of anilines is 1. The zero-order chi connectivity index (χ0) is 27.4. The molecule has 0 radical (unpaired) electrons. The van der Waals surface area contributed by atoms with Crippen molar-refractivity contribution in [2.45, 2.75) is 66.2 Å². The molecule has 1 saturated heterocycles. The second-order valence-corrected chi connectivity index (χ2v) is 13.4. The number of hydrogen-bond acceptors (Lipinski definition) is 4. The van der Waals surface area contributed by atoms with Gasteiger partial charge in [0, 0.05) is 5.41 Å². The van der Waals surface area contributed by atoms with E-state index in [0.717, 1.165) is 25.7 Å². The minimum absolute atomic E-state index is 0.0288. The molecule has 7 rings (SSSR count). The Labute approximate surface area is 223 Å². The number of aromatic carboxylic acids is 1. The van der Waals surface area contributed by atoms with Crippen LogP contribution in [-0.4, -0.2) is 34.0 Å². The molecule has 3 saturated carbocycles. The van der Waals surface area contributed by atoms with E-state index in [0.29, 0.717) is 18.5 Å². The van der Waals surface area contributed by atoms with Gasteiger partial charge in [-0.3, -0.25) is 14.4 Å². The van der Waals surface area contributed by atoms with Crippen LogP contribution in [0.3, 0.4) is 0 Å². The molecule has 1 aromatic rings. The van der Waals surface area contributed by atoms with Gasteiger partial charge in [0.1, 0.15) is 0 Å². The van der Waals surface area contributed by atoms with Crippen LogP contribution in [0.15, 0.2) is 35.9 Å². The van der Waals surface area contributed by atoms with Crippen molar-refractivity contribution in [2.24, 2.45) is 51.8 Å². The van der Waals surface area contributed by atoms with E-state index in [1.54, 1.807) is 12.1 Å². The lowest BCUT2D eigenvalue weighted by Crippen LogP contribution is -2.65. The van der Waals surface area contributed by atoms with Gasteiger partial charge in [-0.2, -0.15) is 0 Å². The molecule has 1 heterocycles. The first-order valence-electron chi connectivity index (χ1n) is 14.0. The molecule has 2 bridgehead atoms. The van der Waals surface area contributed by atoms with Crippen LogP contribution < -0.4 is 4.90 Å². The number of hydrogen-bond donors (Lipinski definition) is 2. The van der Waals surface area contributed by atoms with Crippen molar-refractivity contribution in [2.75, 3.05) is 4.90 Å². The van der Waals surface area contributed by atoms with Crippen molar-refractivity contribution >= 4 is 29.4 Å². The molecule has 0 aromatic heterocycles. The van der Waals surface area contributed by atoms with Crippen LogP contribution in [0.5, 0.6) is 0 Å². The number of fused-ring (bicyclic) bond motifs is 1. The minimum atomic E-state index is -1.10. The summed E-state index contributed by atoms with van der Waals surface area (Å²) in [5, 5.41) is 19.8. The summed E-state index contributed by atoms with van der Waals surface area (Å²) in [4.78, 5) is 53.8. The lowest BCUT2D eigenvalue weighted by Gasteiger charge is -2.68.